The number of hydrogen-bond acceptors (Lipinski definition) is 4. The Morgan fingerprint density at radius 1 is 0.884 bits per heavy atom. The van der Waals surface area contributed by atoms with Crippen molar-refractivity contribution in [1.29, 1.82) is 0 Å². The summed E-state index contributed by atoms with van der Waals surface area (Å²) in [6, 6.07) is 14.9. The number of aryl methyl sites for hydroxylation is 2. The molecule has 3 aromatic rings. The molecule has 0 unspecified atom stereocenters. The fourth-order valence-corrected chi connectivity index (χ4v) is 4.01. The van der Waals surface area contributed by atoms with Gasteiger partial charge in [-0.1, -0.05) is 36.4 Å². The van der Waals surface area contributed by atoms with Crippen LogP contribution in [0.15, 0.2) is 81.9 Å². The van der Waals surface area contributed by atoms with E-state index in [1.807, 2.05) is 6.07 Å². The molecule has 0 fully saturated rings. The Morgan fingerprint density at radius 3 is 2.02 bits per heavy atom. The number of aliphatic imine (C=N–C) groups is 2. The number of carbonyl (C=O) groups excluding carboxylic acids is 1. The first-order valence-electron chi connectivity index (χ1n) is 13.2. The average Bonchev–Trinajstić information content (AvgIpc) is 2.93. The first kappa shape index (κ1) is 33.0. The SMILES string of the molecule is Cc1cc(CCCC(=Nc2ccc(C(F)(F)F)cc2)N=C(N)c2ccc(C(C)(F)F)cc2)ccc1OC(C)(C)C(=O)N=O. The van der Waals surface area contributed by atoms with Gasteiger partial charge in [0.25, 0.3) is 5.92 Å². The number of hydrogen-bond donors (Lipinski definition) is 1. The van der Waals surface area contributed by atoms with Crippen LogP contribution in [0.25, 0.3) is 0 Å². The minimum atomic E-state index is -4.50. The number of rotatable bonds is 10. The first-order valence-corrected chi connectivity index (χ1v) is 13.2. The molecule has 3 aromatic carbocycles. The Bertz CT molecular complexity index is 1510. The molecule has 0 aromatic heterocycles. The van der Waals surface area contributed by atoms with E-state index in [-0.39, 0.29) is 29.3 Å². The van der Waals surface area contributed by atoms with Crippen molar-refractivity contribution in [2.45, 2.75) is 64.7 Å². The molecule has 228 valence electrons. The number of nitrogens with zero attached hydrogens (tertiary/aromatic N) is 3. The predicted molar refractivity (Wildman–Crippen MR) is 155 cm³/mol. The molecular weight excluding hydrogens is 571 g/mol. The number of benzene rings is 3. The average molecular weight is 603 g/mol. The van der Waals surface area contributed by atoms with Gasteiger partial charge in [-0.3, -0.25) is 4.79 Å². The van der Waals surface area contributed by atoms with Crippen LogP contribution in [-0.2, 0) is 23.3 Å². The molecule has 0 saturated carbocycles. The Balaban J connectivity index is 1.82. The molecule has 0 aliphatic rings. The third-order valence-corrected chi connectivity index (χ3v) is 6.46. The van der Waals surface area contributed by atoms with Gasteiger partial charge in [0.05, 0.1) is 11.3 Å². The summed E-state index contributed by atoms with van der Waals surface area (Å²) in [4.78, 5) is 31.1. The van der Waals surface area contributed by atoms with Gasteiger partial charge in [-0.05, 0) is 75.1 Å². The predicted octanol–water partition coefficient (Wildman–Crippen LogP) is 8.03. The zero-order chi connectivity index (χ0) is 32.0. The molecular formula is C31H31F5N4O3. The lowest BCUT2D eigenvalue weighted by Gasteiger charge is -2.23. The number of halogens is 5. The second-order valence-corrected chi connectivity index (χ2v) is 10.5. The molecule has 12 heteroatoms. The molecule has 0 aliphatic carbocycles. The van der Waals surface area contributed by atoms with Crippen LogP contribution in [0.3, 0.4) is 0 Å². The van der Waals surface area contributed by atoms with E-state index < -0.39 is 29.2 Å². The normalized spacial score (nSPS) is 13.1. The fraction of sp³-hybridized carbons (Fsp3) is 0.323. The summed E-state index contributed by atoms with van der Waals surface area (Å²) in [5.74, 6) is -3.30. The minimum absolute atomic E-state index is 0.0101. The van der Waals surface area contributed by atoms with E-state index in [1.165, 1.54) is 50.2 Å². The number of nitrogens with two attached hydrogens (primary N) is 1. The van der Waals surface area contributed by atoms with Gasteiger partial charge in [0.15, 0.2) is 5.60 Å². The van der Waals surface area contributed by atoms with Crippen molar-refractivity contribution in [3.05, 3.63) is 99.5 Å². The first-order chi connectivity index (χ1) is 20.0. The maximum Gasteiger partial charge on any atom is 0.416 e. The van der Waals surface area contributed by atoms with Gasteiger partial charge < -0.3 is 10.5 Å². The molecule has 0 saturated heterocycles. The fourth-order valence-electron chi connectivity index (χ4n) is 4.01. The Morgan fingerprint density at radius 2 is 1.49 bits per heavy atom. The molecule has 0 bridgehead atoms. The van der Waals surface area contributed by atoms with Crippen LogP contribution in [0.4, 0.5) is 27.6 Å². The lowest BCUT2D eigenvalue weighted by atomic mass is 10.0. The van der Waals surface area contributed by atoms with Crippen LogP contribution in [0.1, 0.15) is 61.4 Å². The summed E-state index contributed by atoms with van der Waals surface area (Å²) >= 11 is 0. The summed E-state index contributed by atoms with van der Waals surface area (Å²) in [5, 5.41) is 2.43. The summed E-state index contributed by atoms with van der Waals surface area (Å²) in [6.07, 6.45) is -3.13. The van der Waals surface area contributed by atoms with E-state index in [4.69, 9.17) is 10.5 Å². The second kappa shape index (κ2) is 13.2. The number of nitroso groups, excluding NO2 is 1. The highest BCUT2D eigenvalue weighted by Crippen LogP contribution is 2.31. The molecule has 0 aliphatic heterocycles. The van der Waals surface area contributed by atoms with Crippen molar-refractivity contribution in [2.75, 3.05) is 0 Å². The van der Waals surface area contributed by atoms with E-state index in [1.54, 1.807) is 19.1 Å². The highest BCUT2D eigenvalue weighted by atomic mass is 19.4. The van der Waals surface area contributed by atoms with Gasteiger partial charge in [0.2, 0.25) is 0 Å². The maximum atomic E-state index is 13.6. The number of amides is 1. The third-order valence-electron chi connectivity index (χ3n) is 6.46. The number of amidine groups is 2. The maximum absolute atomic E-state index is 13.6. The number of ether oxygens (including phenoxy) is 1. The molecule has 0 spiro atoms. The van der Waals surface area contributed by atoms with E-state index in [0.29, 0.717) is 24.2 Å². The van der Waals surface area contributed by atoms with Crippen molar-refractivity contribution >= 4 is 23.3 Å². The van der Waals surface area contributed by atoms with E-state index >= 15 is 0 Å². The monoisotopic (exact) mass is 602 g/mol. The third kappa shape index (κ3) is 9.25. The summed E-state index contributed by atoms with van der Waals surface area (Å²) in [7, 11) is 0. The van der Waals surface area contributed by atoms with Crippen molar-refractivity contribution in [3.63, 3.8) is 0 Å². The quantitative estimate of drug-likeness (QED) is 0.110. The molecule has 7 nitrogen and oxygen atoms in total. The van der Waals surface area contributed by atoms with Gasteiger partial charge in [-0.15, -0.1) is 4.91 Å². The van der Waals surface area contributed by atoms with E-state index in [2.05, 4.69) is 15.2 Å². The minimum Gasteiger partial charge on any atom is -0.478 e. The molecule has 1 amide bonds. The topological polar surface area (TPSA) is 106 Å². The largest absolute Gasteiger partial charge is 0.478 e. The standard InChI is InChI=1S/C31H31F5N4O3/c1-19-18-20(8-17-25(19)43-29(2,3)28(41)40-42)6-5-7-26(38-24-15-13-23(14-16-24)31(34,35)36)39-27(37)21-9-11-22(12-10-21)30(4,32)33/h8-18H,5-7H2,1-4H3,(H2,37,38,39). The van der Waals surface area contributed by atoms with Crippen molar-refractivity contribution in [1.82, 2.24) is 0 Å². The van der Waals surface area contributed by atoms with Crippen LogP contribution in [-0.4, -0.2) is 23.2 Å². The smallest absolute Gasteiger partial charge is 0.416 e. The van der Waals surface area contributed by atoms with Gasteiger partial charge in [0.1, 0.15) is 17.4 Å². The molecule has 3 rings (SSSR count). The lowest BCUT2D eigenvalue weighted by molar-refractivity contribution is -0.137. The number of carbonyl (C=O) groups is 1. The summed E-state index contributed by atoms with van der Waals surface area (Å²) in [6.45, 7) is 5.46. The van der Waals surface area contributed by atoms with Gasteiger partial charge >= 0.3 is 12.1 Å². The highest BCUT2D eigenvalue weighted by molar-refractivity contribution is 6.05. The van der Waals surface area contributed by atoms with Gasteiger partial charge in [0, 0.05) is 29.6 Å². The highest BCUT2D eigenvalue weighted by Gasteiger charge is 2.32. The summed E-state index contributed by atoms with van der Waals surface area (Å²) < 4.78 is 71.9. The Labute approximate surface area is 245 Å². The zero-order valence-electron chi connectivity index (χ0n) is 24.0. The molecule has 0 atom stereocenters. The van der Waals surface area contributed by atoms with Crippen molar-refractivity contribution in [2.24, 2.45) is 20.9 Å². The van der Waals surface area contributed by atoms with E-state index in [9.17, 15) is 31.7 Å². The number of alkyl halides is 5. The van der Waals surface area contributed by atoms with Crippen LogP contribution in [0, 0.1) is 11.8 Å². The Kier molecular flexibility index (Phi) is 10.2. The van der Waals surface area contributed by atoms with Gasteiger partial charge in [-0.25, -0.2) is 18.8 Å². The van der Waals surface area contributed by atoms with Gasteiger partial charge in [-0.2, -0.15) is 13.2 Å². The Hall–Kier alpha value is -4.48. The zero-order valence-corrected chi connectivity index (χ0v) is 24.0. The molecule has 0 heterocycles. The van der Waals surface area contributed by atoms with Crippen molar-refractivity contribution in [3.8, 4) is 5.75 Å². The molecule has 2 N–H and O–H groups in total. The van der Waals surface area contributed by atoms with Crippen LogP contribution in [0.5, 0.6) is 5.75 Å². The van der Waals surface area contributed by atoms with Crippen LogP contribution in [0.2, 0.25) is 0 Å². The van der Waals surface area contributed by atoms with Crippen LogP contribution >= 0.6 is 0 Å². The molecule has 0 radical (unpaired) electrons. The van der Waals surface area contributed by atoms with Crippen molar-refractivity contribution < 1.29 is 31.5 Å². The summed E-state index contributed by atoms with van der Waals surface area (Å²) in [5.41, 5.74) is 5.99. The second-order valence-electron chi connectivity index (χ2n) is 10.5. The van der Waals surface area contributed by atoms with E-state index in [0.717, 1.165) is 30.2 Å². The lowest BCUT2D eigenvalue weighted by Crippen LogP contribution is -2.37. The molecule has 43 heavy (non-hydrogen) atoms. The van der Waals surface area contributed by atoms with Crippen LogP contribution < -0.4 is 10.5 Å².